The van der Waals surface area contributed by atoms with Crippen molar-refractivity contribution in [3.63, 3.8) is 0 Å². The van der Waals surface area contributed by atoms with Crippen molar-refractivity contribution in [2.45, 2.75) is 39.0 Å². The molecule has 20 heavy (non-hydrogen) atoms. The lowest BCUT2D eigenvalue weighted by Crippen LogP contribution is -2.41. The van der Waals surface area contributed by atoms with Crippen LogP contribution in [0.4, 0.5) is 24.9 Å². The van der Waals surface area contributed by atoms with Crippen LogP contribution in [0.3, 0.4) is 0 Å². The van der Waals surface area contributed by atoms with Gasteiger partial charge >= 0.3 is 6.18 Å². The molecule has 0 radical (unpaired) electrons. The molecule has 112 valence electrons. The summed E-state index contributed by atoms with van der Waals surface area (Å²) in [6, 6.07) is -0.129. The predicted molar refractivity (Wildman–Crippen MR) is 67.8 cm³/mol. The largest absolute Gasteiger partial charge is 0.433 e. The molecular weight excluding hydrogens is 275 g/mol. The first kappa shape index (κ1) is 16.0. The number of anilines is 2. The van der Waals surface area contributed by atoms with Gasteiger partial charge in [0.1, 0.15) is 11.9 Å². The monoisotopic (exact) mass is 291 g/mol. The number of nitrogens with two attached hydrogens (primary N) is 1. The molecule has 1 atom stereocenters. The Bertz CT molecular complexity index is 489. The van der Waals surface area contributed by atoms with Crippen molar-refractivity contribution in [1.29, 1.82) is 0 Å². The van der Waals surface area contributed by atoms with E-state index in [1.54, 1.807) is 13.8 Å². The van der Waals surface area contributed by atoms with Gasteiger partial charge in [-0.2, -0.15) is 18.2 Å². The Labute approximate surface area is 114 Å². The van der Waals surface area contributed by atoms with Gasteiger partial charge in [-0.25, -0.2) is 4.98 Å². The fourth-order valence-corrected chi connectivity index (χ4v) is 1.38. The molecular formula is C11H16F3N5O. The van der Waals surface area contributed by atoms with E-state index in [0.29, 0.717) is 6.07 Å². The van der Waals surface area contributed by atoms with Crippen molar-refractivity contribution in [2.75, 3.05) is 11.1 Å². The number of carbonyl (C=O) groups is 1. The molecule has 4 N–H and O–H groups in total. The number of nitrogens with one attached hydrogen (secondary N) is 2. The number of nitrogens with zero attached hydrogens (tertiary/aromatic N) is 2. The maximum atomic E-state index is 12.6. The van der Waals surface area contributed by atoms with Gasteiger partial charge in [-0.15, -0.1) is 0 Å². The summed E-state index contributed by atoms with van der Waals surface area (Å²) in [5.74, 6) is -1.03. The third-order valence-corrected chi connectivity index (χ3v) is 2.22. The van der Waals surface area contributed by atoms with Gasteiger partial charge < -0.3 is 16.4 Å². The zero-order chi connectivity index (χ0) is 15.5. The summed E-state index contributed by atoms with van der Waals surface area (Å²) in [6.45, 7) is 5.05. The highest BCUT2D eigenvalue weighted by Crippen LogP contribution is 2.29. The third-order valence-electron chi connectivity index (χ3n) is 2.22. The van der Waals surface area contributed by atoms with Gasteiger partial charge in [0.25, 0.3) is 0 Å². The highest BCUT2D eigenvalue weighted by Gasteiger charge is 2.33. The standard InChI is InChI=1S/C11H16F3N5O/c1-5(2)16-9(20)6(3)17-8-4-7(11(12,13)14)18-10(15)19-8/h4-6H,1-3H3,(H,16,20)(H3,15,17,18,19). The summed E-state index contributed by atoms with van der Waals surface area (Å²) in [5, 5.41) is 5.18. The molecule has 1 aromatic rings. The molecule has 0 aliphatic carbocycles. The summed E-state index contributed by atoms with van der Waals surface area (Å²) in [5.41, 5.74) is 4.06. The van der Waals surface area contributed by atoms with Crippen LogP contribution in [0.1, 0.15) is 26.5 Å². The molecule has 9 heteroatoms. The van der Waals surface area contributed by atoms with Crippen LogP contribution in [-0.2, 0) is 11.0 Å². The SMILES string of the molecule is CC(C)NC(=O)C(C)Nc1cc(C(F)(F)F)nc(N)n1. The number of rotatable bonds is 4. The second-order valence-electron chi connectivity index (χ2n) is 4.52. The number of nitrogen functional groups attached to an aromatic ring is 1. The van der Waals surface area contributed by atoms with Crippen LogP contribution in [0.5, 0.6) is 0 Å². The third kappa shape index (κ3) is 4.56. The second-order valence-corrected chi connectivity index (χ2v) is 4.52. The van der Waals surface area contributed by atoms with Gasteiger partial charge in [-0.05, 0) is 20.8 Å². The number of alkyl halides is 3. The van der Waals surface area contributed by atoms with Gasteiger partial charge in [-0.1, -0.05) is 0 Å². The number of aromatic nitrogens is 2. The van der Waals surface area contributed by atoms with Gasteiger partial charge in [0.2, 0.25) is 11.9 Å². The summed E-state index contributed by atoms with van der Waals surface area (Å²) in [7, 11) is 0. The minimum absolute atomic E-state index is 0.0760. The molecule has 0 saturated heterocycles. The minimum Gasteiger partial charge on any atom is -0.368 e. The average Bonchev–Trinajstić information content (AvgIpc) is 2.25. The first-order valence-corrected chi connectivity index (χ1v) is 5.88. The quantitative estimate of drug-likeness (QED) is 0.779. The first-order valence-electron chi connectivity index (χ1n) is 5.88. The first-order chi connectivity index (χ1) is 9.09. The van der Waals surface area contributed by atoms with Gasteiger partial charge in [0.15, 0.2) is 5.69 Å². The molecule has 1 rings (SSSR count). The molecule has 0 aliphatic rings. The summed E-state index contributed by atoms with van der Waals surface area (Å²) in [6.07, 6.45) is -4.63. The Kier molecular flexibility index (Phi) is 4.74. The number of hydrogen-bond donors (Lipinski definition) is 3. The van der Waals surface area contributed by atoms with Crippen molar-refractivity contribution in [3.05, 3.63) is 11.8 Å². The molecule has 1 amide bonds. The van der Waals surface area contributed by atoms with Crippen molar-refractivity contribution >= 4 is 17.7 Å². The van der Waals surface area contributed by atoms with Gasteiger partial charge in [0, 0.05) is 12.1 Å². The molecule has 1 unspecified atom stereocenters. The number of hydrogen-bond acceptors (Lipinski definition) is 5. The number of amides is 1. The lowest BCUT2D eigenvalue weighted by atomic mass is 10.2. The van der Waals surface area contributed by atoms with Crippen LogP contribution in [0, 0.1) is 0 Å². The Hall–Kier alpha value is -2.06. The normalized spacial score (nSPS) is 13.2. The van der Waals surface area contributed by atoms with Crippen LogP contribution >= 0.6 is 0 Å². The van der Waals surface area contributed by atoms with Crippen molar-refractivity contribution < 1.29 is 18.0 Å². The molecule has 0 aromatic carbocycles. The Morgan fingerprint density at radius 3 is 2.40 bits per heavy atom. The fraction of sp³-hybridized carbons (Fsp3) is 0.545. The highest BCUT2D eigenvalue weighted by atomic mass is 19.4. The van der Waals surface area contributed by atoms with Crippen LogP contribution in [0.2, 0.25) is 0 Å². The number of carbonyl (C=O) groups excluding carboxylic acids is 1. The van der Waals surface area contributed by atoms with Crippen LogP contribution < -0.4 is 16.4 Å². The van der Waals surface area contributed by atoms with E-state index in [9.17, 15) is 18.0 Å². The van der Waals surface area contributed by atoms with Crippen molar-refractivity contribution in [1.82, 2.24) is 15.3 Å². The lowest BCUT2D eigenvalue weighted by molar-refractivity contribution is -0.141. The lowest BCUT2D eigenvalue weighted by Gasteiger charge is -2.17. The Morgan fingerprint density at radius 1 is 1.30 bits per heavy atom. The molecule has 1 aromatic heterocycles. The smallest absolute Gasteiger partial charge is 0.368 e. The average molecular weight is 291 g/mol. The van der Waals surface area contributed by atoms with Gasteiger partial charge in [-0.3, -0.25) is 4.79 Å². The molecule has 0 fully saturated rings. The minimum atomic E-state index is -4.63. The molecule has 0 saturated carbocycles. The van der Waals surface area contributed by atoms with E-state index >= 15 is 0 Å². The molecule has 0 spiro atoms. The molecule has 1 heterocycles. The molecule has 0 aliphatic heterocycles. The van der Waals surface area contributed by atoms with E-state index in [1.807, 2.05) is 0 Å². The van der Waals surface area contributed by atoms with Crippen LogP contribution in [-0.4, -0.2) is 28.0 Å². The molecule has 6 nitrogen and oxygen atoms in total. The second kappa shape index (κ2) is 5.93. The van der Waals surface area contributed by atoms with E-state index in [0.717, 1.165) is 0 Å². The highest BCUT2D eigenvalue weighted by molar-refractivity contribution is 5.84. The van der Waals surface area contributed by atoms with E-state index in [-0.39, 0.29) is 17.8 Å². The predicted octanol–water partition coefficient (Wildman–Crippen LogP) is 1.40. The van der Waals surface area contributed by atoms with Gasteiger partial charge in [0.05, 0.1) is 0 Å². The van der Waals surface area contributed by atoms with Crippen molar-refractivity contribution in [3.8, 4) is 0 Å². The van der Waals surface area contributed by atoms with E-state index < -0.39 is 23.9 Å². The van der Waals surface area contributed by atoms with E-state index in [1.165, 1.54) is 6.92 Å². The van der Waals surface area contributed by atoms with E-state index in [2.05, 4.69) is 20.6 Å². The maximum absolute atomic E-state index is 12.6. The van der Waals surface area contributed by atoms with E-state index in [4.69, 9.17) is 5.73 Å². The summed E-state index contributed by atoms with van der Waals surface area (Å²) in [4.78, 5) is 18.4. The zero-order valence-electron chi connectivity index (χ0n) is 11.2. The molecule has 0 bridgehead atoms. The topological polar surface area (TPSA) is 92.9 Å². The maximum Gasteiger partial charge on any atom is 0.433 e. The summed E-state index contributed by atoms with van der Waals surface area (Å²) < 4.78 is 37.7. The Morgan fingerprint density at radius 2 is 1.90 bits per heavy atom. The Balaban J connectivity index is 2.87. The summed E-state index contributed by atoms with van der Waals surface area (Å²) >= 11 is 0. The van der Waals surface area contributed by atoms with Crippen LogP contribution in [0.25, 0.3) is 0 Å². The fourth-order valence-electron chi connectivity index (χ4n) is 1.38. The van der Waals surface area contributed by atoms with Crippen molar-refractivity contribution in [2.24, 2.45) is 0 Å². The zero-order valence-corrected chi connectivity index (χ0v) is 11.2. The number of halogens is 3. The van der Waals surface area contributed by atoms with Crippen LogP contribution in [0.15, 0.2) is 6.07 Å².